The third-order valence-corrected chi connectivity index (χ3v) is 7.65. The summed E-state index contributed by atoms with van der Waals surface area (Å²) in [5.41, 5.74) is 7.59. The molecule has 2 aromatic rings. The van der Waals surface area contributed by atoms with Crippen molar-refractivity contribution >= 4 is 23.4 Å². The number of hydrogen-bond acceptors (Lipinski definition) is 5. The Hall–Kier alpha value is -2.42. The lowest BCUT2D eigenvalue weighted by atomic mass is 9.83. The van der Waals surface area contributed by atoms with Crippen LogP contribution in [-0.2, 0) is 22.7 Å². The van der Waals surface area contributed by atoms with Crippen molar-refractivity contribution < 1.29 is 14.3 Å². The third-order valence-electron chi connectivity index (χ3n) is 7.39. The van der Waals surface area contributed by atoms with E-state index in [-0.39, 0.29) is 17.9 Å². The zero-order chi connectivity index (χ0) is 23.0. The number of piperidine rings is 2. The molecule has 5 rings (SSSR count). The second kappa shape index (κ2) is 9.08. The molecule has 1 atom stereocenters. The first-order chi connectivity index (χ1) is 16.0. The number of likely N-dealkylation sites (tertiary alicyclic amines) is 2. The lowest BCUT2D eigenvalue weighted by molar-refractivity contribution is -0.134. The van der Waals surface area contributed by atoms with Crippen LogP contribution in [0.5, 0.6) is 0 Å². The fourth-order valence-corrected chi connectivity index (χ4v) is 5.52. The molecule has 0 aliphatic carbocycles. The van der Waals surface area contributed by atoms with Gasteiger partial charge in [-0.25, -0.2) is 0 Å². The zero-order valence-corrected chi connectivity index (χ0v) is 19.5. The minimum Gasteiger partial charge on any atom is -0.368 e. The summed E-state index contributed by atoms with van der Waals surface area (Å²) >= 11 is 5.99. The molecule has 3 aliphatic rings. The van der Waals surface area contributed by atoms with Gasteiger partial charge < -0.3 is 15.4 Å². The molecule has 0 radical (unpaired) electrons. The predicted molar refractivity (Wildman–Crippen MR) is 124 cm³/mol. The number of carbonyl (C=O) groups excluding carboxylic acids is 2. The van der Waals surface area contributed by atoms with Crippen molar-refractivity contribution in [1.29, 1.82) is 0 Å². The van der Waals surface area contributed by atoms with E-state index in [0.717, 1.165) is 37.2 Å². The summed E-state index contributed by atoms with van der Waals surface area (Å²) in [5.74, 6) is -0.365. The molecule has 2 amide bonds. The van der Waals surface area contributed by atoms with Crippen LogP contribution < -0.4 is 5.73 Å². The molecule has 1 unspecified atom stereocenters. The molecule has 8 nitrogen and oxygen atoms in total. The average Bonchev–Trinajstić information content (AvgIpc) is 3.28. The molecule has 1 aromatic carbocycles. The van der Waals surface area contributed by atoms with Gasteiger partial charge in [-0.2, -0.15) is 5.10 Å². The lowest BCUT2D eigenvalue weighted by Gasteiger charge is -2.48. The Morgan fingerprint density at radius 2 is 1.76 bits per heavy atom. The predicted octanol–water partition coefficient (Wildman–Crippen LogP) is 2.75. The Labute approximate surface area is 198 Å². The van der Waals surface area contributed by atoms with Gasteiger partial charge in [-0.05, 0) is 62.5 Å². The molecular weight excluding hydrogens is 442 g/mol. The van der Waals surface area contributed by atoms with Gasteiger partial charge in [0.15, 0.2) is 5.69 Å². The van der Waals surface area contributed by atoms with Gasteiger partial charge in [0.1, 0.15) is 11.6 Å². The van der Waals surface area contributed by atoms with Crippen molar-refractivity contribution in [2.24, 2.45) is 5.73 Å². The van der Waals surface area contributed by atoms with Crippen LogP contribution >= 0.6 is 11.6 Å². The molecule has 0 spiro atoms. The minimum atomic E-state index is -0.635. The second-order valence-corrected chi connectivity index (χ2v) is 9.73. The smallest absolute Gasteiger partial charge is 0.274 e. The number of carbonyl (C=O) groups is 2. The summed E-state index contributed by atoms with van der Waals surface area (Å²) in [4.78, 5) is 29.7. The topological polar surface area (TPSA) is 93.7 Å². The van der Waals surface area contributed by atoms with E-state index >= 15 is 0 Å². The first-order valence-electron chi connectivity index (χ1n) is 11.7. The molecule has 3 aliphatic heterocycles. The highest BCUT2D eigenvalue weighted by atomic mass is 35.5. The Bertz CT molecular complexity index is 1020. The third kappa shape index (κ3) is 4.27. The second-order valence-electron chi connectivity index (χ2n) is 9.29. The number of rotatable bonds is 4. The maximum Gasteiger partial charge on any atom is 0.274 e. The molecule has 4 heterocycles. The summed E-state index contributed by atoms with van der Waals surface area (Å²) in [7, 11) is 0. The molecule has 33 heavy (non-hydrogen) atoms. The normalized spacial score (nSPS) is 23.2. The Morgan fingerprint density at radius 3 is 2.42 bits per heavy atom. The van der Waals surface area contributed by atoms with Crippen LogP contribution in [0.1, 0.15) is 60.0 Å². The molecule has 2 fully saturated rings. The number of benzene rings is 1. The van der Waals surface area contributed by atoms with Gasteiger partial charge in [0.25, 0.3) is 5.91 Å². The van der Waals surface area contributed by atoms with Gasteiger partial charge in [-0.3, -0.25) is 19.2 Å². The van der Waals surface area contributed by atoms with E-state index in [2.05, 4.69) is 10.00 Å². The standard InChI is InChI=1S/C24H30ClN5O3/c25-18-6-4-17(5-7-18)21-15-30-19(16-33-21)14-20(27-30)22(31)28-12-8-24(9-13-28,23(26)32)29-10-2-1-3-11-29/h4-7,14,21H,1-3,8-13,15-16H2,(H2,26,32). The maximum absolute atomic E-state index is 13.2. The molecule has 2 N–H and O–H groups in total. The number of fused-ring (bicyclic) bond motifs is 1. The Kier molecular flexibility index (Phi) is 6.16. The molecule has 176 valence electrons. The number of aromatic nitrogens is 2. The van der Waals surface area contributed by atoms with Crippen molar-refractivity contribution in [2.45, 2.75) is 56.9 Å². The molecule has 0 bridgehead atoms. The van der Waals surface area contributed by atoms with Gasteiger partial charge in [0.2, 0.25) is 5.91 Å². The lowest BCUT2D eigenvalue weighted by Crippen LogP contribution is -2.63. The van der Waals surface area contributed by atoms with Crippen molar-refractivity contribution in [3.05, 3.63) is 52.3 Å². The Balaban J connectivity index is 1.26. The number of nitrogens with two attached hydrogens (primary N) is 1. The van der Waals surface area contributed by atoms with Crippen molar-refractivity contribution in [1.82, 2.24) is 19.6 Å². The van der Waals surface area contributed by atoms with E-state index in [1.807, 2.05) is 35.0 Å². The van der Waals surface area contributed by atoms with Crippen molar-refractivity contribution in [2.75, 3.05) is 26.2 Å². The number of hydrogen-bond donors (Lipinski definition) is 1. The van der Waals surface area contributed by atoms with Crippen LogP contribution in [0.25, 0.3) is 0 Å². The van der Waals surface area contributed by atoms with E-state index in [9.17, 15) is 9.59 Å². The highest BCUT2D eigenvalue weighted by Crippen LogP contribution is 2.33. The number of ether oxygens (including phenoxy) is 1. The number of halogens is 1. The summed E-state index contributed by atoms with van der Waals surface area (Å²) in [6.45, 7) is 3.75. The molecule has 2 saturated heterocycles. The van der Waals surface area contributed by atoms with Gasteiger partial charge in [-0.15, -0.1) is 0 Å². The SMILES string of the molecule is NC(=O)C1(N2CCCCC2)CCN(C(=O)c2cc3n(n2)CC(c2ccc(Cl)cc2)OC3)CC1. The average molecular weight is 472 g/mol. The highest BCUT2D eigenvalue weighted by Gasteiger charge is 2.46. The number of primary amides is 1. The Morgan fingerprint density at radius 1 is 1.06 bits per heavy atom. The summed E-state index contributed by atoms with van der Waals surface area (Å²) in [5, 5.41) is 5.28. The van der Waals surface area contributed by atoms with Crippen LogP contribution in [0, 0.1) is 0 Å². The quantitative estimate of drug-likeness (QED) is 0.740. The van der Waals surface area contributed by atoms with Gasteiger partial charge in [0.05, 0.1) is 18.8 Å². The van der Waals surface area contributed by atoms with Gasteiger partial charge >= 0.3 is 0 Å². The van der Waals surface area contributed by atoms with Crippen LogP contribution in [0.2, 0.25) is 5.02 Å². The van der Waals surface area contributed by atoms with E-state index in [4.69, 9.17) is 22.1 Å². The fraction of sp³-hybridized carbons (Fsp3) is 0.542. The molecule has 0 saturated carbocycles. The van der Waals surface area contributed by atoms with E-state index in [0.29, 0.717) is 49.8 Å². The van der Waals surface area contributed by atoms with Crippen molar-refractivity contribution in [3.8, 4) is 0 Å². The molecule has 9 heteroatoms. The summed E-state index contributed by atoms with van der Waals surface area (Å²) in [6.07, 6.45) is 4.40. The van der Waals surface area contributed by atoms with Crippen LogP contribution in [0.15, 0.2) is 30.3 Å². The number of nitrogens with zero attached hydrogens (tertiary/aromatic N) is 4. The van der Waals surface area contributed by atoms with Gasteiger partial charge in [-0.1, -0.05) is 30.2 Å². The van der Waals surface area contributed by atoms with E-state index < -0.39 is 5.54 Å². The highest BCUT2D eigenvalue weighted by molar-refractivity contribution is 6.30. The largest absolute Gasteiger partial charge is 0.368 e. The van der Waals surface area contributed by atoms with E-state index in [1.165, 1.54) is 6.42 Å². The van der Waals surface area contributed by atoms with Gasteiger partial charge in [0, 0.05) is 18.1 Å². The van der Waals surface area contributed by atoms with Crippen LogP contribution in [-0.4, -0.2) is 63.1 Å². The first-order valence-corrected chi connectivity index (χ1v) is 12.1. The van der Waals surface area contributed by atoms with E-state index in [1.54, 1.807) is 4.90 Å². The van der Waals surface area contributed by atoms with Crippen molar-refractivity contribution in [3.63, 3.8) is 0 Å². The zero-order valence-electron chi connectivity index (χ0n) is 18.7. The summed E-state index contributed by atoms with van der Waals surface area (Å²) < 4.78 is 7.87. The molecular formula is C24H30ClN5O3. The maximum atomic E-state index is 13.2. The monoisotopic (exact) mass is 471 g/mol. The minimum absolute atomic E-state index is 0.100. The number of amides is 2. The molecule has 1 aromatic heterocycles. The summed E-state index contributed by atoms with van der Waals surface area (Å²) in [6, 6.07) is 9.42. The van der Waals surface area contributed by atoms with Crippen LogP contribution in [0.3, 0.4) is 0 Å². The first kappa shape index (κ1) is 22.4. The van der Waals surface area contributed by atoms with Crippen LogP contribution in [0.4, 0.5) is 0 Å². The fourth-order valence-electron chi connectivity index (χ4n) is 5.39.